The van der Waals surface area contributed by atoms with Gasteiger partial charge in [0.2, 0.25) is 10.0 Å². The molecule has 0 spiro atoms. The smallest absolute Gasteiger partial charge is 0.254 e. The largest absolute Gasteiger partial charge is 0.335 e. The summed E-state index contributed by atoms with van der Waals surface area (Å²) in [5.41, 5.74) is 2.53. The fraction of sp³-hybridized carbons (Fsp3) is 0.350. The molecule has 6 heteroatoms. The molecule has 2 aromatic carbocycles. The summed E-state index contributed by atoms with van der Waals surface area (Å²) in [6.07, 6.45) is 0. The molecule has 0 heterocycles. The third-order valence-corrected chi connectivity index (χ3v) is 5.90. The highest BCUT2D eigenvalue weighted by molar-refractivity contribution is 7.89. The van der Waals surface area contributed by atoms with Gasteiger partial charge in [-0.25, -0.2) is 13.1 Å². The second kappa shape index (κ2) is 8.01. The molecule has 0 fully saturated rings. The van der Waals surface area contributed by atoms with Gasteiger partial charge in [-0.3, -0.25) is 4.79 Å². The Hall–Kier alpha value is -2.18. The first-order valence-corrected chi connectivity index (χ1v) is 10.1. The standard InChI is InChI=1S/C20H26N2O3S/c1-14(2)21-26(24,25)19-8-6-7-18(13-19)20(23)22(5)16(4)17-11-9-15(3)10-12-17/h6-14,16,21H,1-5H3. The molecule has 0 aliphatic heterocycles. The Balaban J connectivity index is 2.26. The maximum absolute atomic E-state index is 12.8. The molecule has 0 radical (unpaired) electrons. The van der Waals surface area contributed by atoms with E-state index in [-0.39, 0.29) is 22.9 Å². The summed E-state index contributed by atoms with van der Waals surface area (Å²) in [5, 5.41) is 0. The van der Waals surface area contributed by atoms with Gasteiger partial charge in [0.25, 0.3) is 5.91 Å². The second-order valence-electron chi connectivity index (χ2n) is 6.81. The summed E-state index contributed by atoms with van der Waals surface area (Å²) in [7, 11) is -1.92. The van der Waals surface area contributed by atoms with Crippen molar-refractivity contribution in [2.45, 2.75) is 44.7 Å². The van der Waals surface area contributed by atoms with Gasteiger partial charge in [0.15, 0.2) is 0 Å². The first-order chi connectivity index (χ1) is 12.1. The van der Waals surface area contributed by atoms with Crippen molar-refractivity contribution in [2.75, 3.05) is 7.05 Å². The van der Waals surface area contributed by atoms with Crippen molar-refractivity contribution in [3.63, 3.8) is 0 Å². The van der Waals surface area contributed by atoms with Gasteiger partial charge in [-0.05, 0) is 51.5 Å². The molecule has 0 saturated carbocycles. The average Bonchev–Trinajstić information content (AvgIpc) is 2.59. The van der Waals surface area contributed by atoms with E-state index in [9.17, 15) is 13.2 Å². The van der Waals surface area contributed by atoms with Crippen molar-refractivity contribution in [2.24, 2.45) is 0 Å². The molecule has 1 amide bonds. The maximum Gasteiger partial charge on any atom is 0.254 e. The summed E-state index contributed by atoms with van der Waals surface area (Å²) < 4.78 is 27.2. The molecule has 1 unspecified atom stereocenters. The van der Waals surface area contributed by atoms with Crippen LogP contribution in [0, 0.1) is 6.92 Å². The molecule has 26 heavy (non-hydrogen) atoms. The number of rotatable bonds is 6. The highest BCUT2D eigenvalue weighted by Crippen LogP contribution is 2.22. The van der Waals surface area contributed by atoms with Crippen LogP contribution in [0.25, 0.3) is 0 Å². The summed E-state index contributed by atoms with van der Waals surface area (Å²) in [6.45, 7) is 7.47. The summed E-state index contributed by atoms with van der Waals surface area (Å²) in [4.78, 5) is 14.5. The van der Waals surface area contributed by atoms with Crippen LogP contribution in [0.2, 0.25) is 0 Å². The van der Waals surface area contributed by atoms with Crippen LogP contribution in [0.1, 0.15) is 48.3 Å². The van der Waals surface area contributed by atoms with Crippen molar-refractivity contribution < 1.29 is 13.2 Å². The van der Waals surface area contributed by atoms with Gasteiger partial charge in [0.05, 0.1) is 10.9 Å². The first-order valence-electron chi connectivity index (χ1n) is 8.58. The molecule has 0 aliphatic rings. The fourth-order valence-corrected chi connectivity index (χ4v) is 3.92. The molecular formula is C20H26N2O3S. The van der Waals surface area contributed by atoms with Gasteiger partial charge in [0, 0.05) is 18.7 Å². The molecule has 140 valence electrons. The second-order valence-corrected chi connectivity index (χ2v) is 8.52. The third kappa shape index (κ3) is 4.71. The highest BCUT2D eigenvalue weighted by Gasteiger charge is 2.21. The highest BCUT2D eigenvalue weighted by atomic mass is 32.2. The number of amides is 1. The van der Waals surface area contributed by atoms with Gasteiger partial charge < -0.3 is 4.90 Å². The lowest BCUT2D eigenvalue weighted by atomic mass is 10.0. The number of nitrogens with one attached hydrogen (secondary N) is 1. The molecule has 2 aromatic rings. The summed E-state index contributed by atoms with van der Waals surface area (Å²) >= 11 is 0. The van der Waals surface area contributed by atoms with E-state index >= 15 is 0 Å². The average molecular weight is 375 g/mol. The number of aryl methyl sites for hydroxylation is 1. The van der Waals surface area contributed by atoms with Crippen molar-refractivity contribution in [1.82, 2.24) is 9.62 Å². The minimum absolute atomic E-state index is 0.0911. The SMILES string of the molecule is Cc1ccc(C(C)N(C)C(=O)c2cccc(S(=O)(=O)NC(C)C)c2)cc1. The van der Waals surface area contributed by atoms with E-state index in [0.29, 0.717) is 5.56 Å². The minimum atomic E-state index is -3.64. The van der Waals surface area contributed by atoms with Gasteiger partial charge in [0.1, 0.15) is 0 Å². The van der Waals surface area contributed by atoms with Crippen LogP contribution in [0.3, 0.4) is 0 Å². The van der Waals surface area contributed by atoms with Crippen LogP contribution >= 0.6 is 0 Å². The Bertz CT molecular complexity index is 874. The zero-order valence-corrected chi connectivity index (χ0v) is 16.7. The van der Waals surface area contributed by atoms with Crippen LogP contribution in [-0.2, 0) is 10.0 Å². The molecule has 0 aliphatic carbocycles. The topological polar surface area (TPSA) is 66.5 Å². The zero-order chi connectivity index (χ0) is 19.5. The Morgan fingerprint density at radius 1 is 1.04 bits per heavy atom. The number of sulfonamides is 1. The normalized spacial score (nSPS) is 12.8. The van der Waals surface area contributed by atoms with Crippen LogP contribution in [0.15, 0.2) is 53.4 Å². The number of nitrogens with zero attached hydrogens (tertiary/aromatic N) is 1. The number of hydrogen-bond donors (Lipinski definition) is 1. The molecule has 1 atom stereocenters. The number of benzene rings is 2. The van der Waals surface area contributed by atoms with E-state index < -0.39 is 10.0 Å². The predicted molar refractivity (Wildman–Crippen MR) is 104 cm³/mol. The molecule has 0 aromatic heterocycles. The summed E-state index contributed by atoms with van der Waals surface area (Å²) in [5.74, 6) is -0.223. The van der Waals surface area contributed by atoms with Crippen LogP contribution in [-0.4, -0.2) is 32.3 Å². The third-order valence-electron chi connectivity index (χ3n) is 4.24. The van der Waals surface area contributed by atoms with Crippen LogP contribution < -0.4 is 4.72 Å². The zero-order valence-electron chi connectivity index (χ0n) is 15.9. The predicted octanol–water partition coefficient (Wildman–Crippen LogP) is 3.51. The molecular weight excluding hydrogens is 348 g/mol. The van der Waals surface area contributed by atoms with Gasteiger partial charge in [-0.1, -0.05) is 35.9 Å². The monoisotopic (exact) mass is 374 g/mol. The Morgan fingerprint density at radius 3 is 2.23 bits per heavy atom. The van der Waals surface area contributed by atoms with E-state index in [1.807, 2.05) is 38.1 Å². The first kappa shape index (κ1) is 20.1. The van der Waals surface area contributed by atoms with E-state index in [1.54, 1.807) is 37.9 Å². The lowest BCUT2D eigenvalue weighted by Crippen LogP contribution is -2.31. The molecule has 1 N–H and O–H groups in total. The molecule has 0 saturated heterocycles. The van der Waals surface area contributed by atoms with E-state index in [2.05, 4.69) is 4.72 Å². The van der Waals surface area contributed by atoms with Crippen molar-refractivity contribution in [3.05, 3.63) is 65.2 Å². The lowest BCUT2D eigenvalue weighted by Gasteiger charge is -2.25. The van der Waals surface area contributed by atoms with E-state index in [0.717, 1.165) is 11.1 Å². The van der Waals surface area contributed by atoms with Crippen molar-refractivity contribution in [3.8, 4) is 0 Å². The number of hydrogen-bond acceptors (Lipinski definition) is 3. The summed E-state index contributed by atoms with van der Waals surface area (Å²) in [6, 6.07) is 13.8. The Kier molecular flexibility index (Phi) is 6.21. The van der Waals surface area contributed by atoms with Gasteiger partial charge in [-0.2, -0.15) is 0 Å². The number of carbonyl (C=O) groups is 1. The van der Waals surface area contributed by atoms with Crippen molar-refractivity contribution >= 4 is 15.9 Å². The van der Waals surface area contributed by atoms with E-state index in [4.69, 9.17) is 0 Å². The van der Waals surface area contributed by atoms with Gasteiger partial charge in [-0.15, -0.1) is 0 Å². The molecule has 0 bridgehead atoms. The molecule has 2 rings (SSSR count). The van der Waals surface area contributed by atoms with Gasteiger partial charge >= 0.3 is 0 Å². The number of carbonyl (C=O) groups excluding carboxylic acids is 1. The minimum Gasteiger partial charge on any atom is -0.335 e. The van der Waals surface area contributed by atoms with Crippen LogP contribution in [0.5, 0.6) is 0 Å². The Morgan fingerprint density at radius 2 is 1.65 bits per heavy atom. The Labute approximate surface area is 156 Å². The van der Waals surface area contributed by atoms with Crippen molar-refractivity contribution in [1.29, 1.82) is 0 Å². The quantitative estimate of drug-likeness (QED) is 0.841. The fourth-order valence-electron chi connectivity index (χ4n) is 2.62. The van der Waals surface area contributed by atoms with E-state index in [1.165, 1.54) is 12.1 Å². The van der Waals surface area contributed by atoms with Crippen LogP contribution in [0.4, 0.5) is 0 Å². The lowest BCUT2D eigenvalue weighted by molar-refractivity contribution is 0.0742. The molecule has 5 nitrogen and oxygen atoms in total. The maximum atomic E-state index is 12.8.